The Labute approximate surface area is 167 Å². The molecule has 6 nitrogen and oxygen atoms in total. The first-order chi connectivity index (χ1) is 13.7. The Hall–Kier alpha value is -2.86. The maximum absolute atomic E-state index is 4.56. The first-order valence-corrected chi connectivity index (χ1v) is 10.1. The van der Waals surface area contributed by atoms with Gasteiger partial charge in [-0.15, -0.1) is 5.10 Å². The van der Waals surface area contributed by atoms with E-state index in [0.29, 0.717) is 5.95 Å². The Balaban J connectivity index is 0.00000205. The van der Waals surface area contributed by atoms with E-state index in [-0.39, 0.29) is 1.43 Å². The van der Waals surface area contributed by atoms with E-state index in [1.165, 1.54) is 37.2 Å². The van der Waals surface area contributed by atoms with Gasteiger partial charge in [0.05, 0.1) is 5.69 Å². The maximum atomic E-state index is 4.56. The van der Waals surface area contributed by atoms with Gasteiger partial charge in [-0.3, -0.25) is 4.90 Å². The predicted molar refractivity (Wildman–Crippen MR) is 115 cm³/mol. The van der Waals surface area contributed by atoms with Crippen molar-refractivity contribution in [3.63, 3.8) is 0 Å². The van der Waals surface area contributed by atoms with E-state index in [9.17, 15) is 0 Å². The standard InChI is InChI=1S/C22H26N6.H2/c1-17-13-18(24-22-23-16-28(25-22)20-5-3-2-4-6-20)15-21(14-17)27-11-9-26(10-12-27)19-7-8-19;/h2-6,13-16,19H,7-12H2,1H3,(H,24,25);1H. The minimum atomic E-state index is 0. The Bertz CT molecular complexity index is 945. The number of rotatable bonds is 5. The third kappa shape index (κ3) is 3.73. The molecule has 5 rings (SSSR count). The average Bonchev–Trinajstić information content (AvgIpc) is 3.47. The number of nitrogens with one attached hydrogen (secondary N) is 1. The molecule has 6 heteroatoms. The molecule has 28 heavy (non-hydrogen) atoms. The van der Waals surface area contributed by atoms with Gasteiger partial charge in [-0.2, -0.15) is 4.98 Å². The second kappa shape index (κ2) is 7.28. The summed E-state index contributed by atoms with van der Waals surface area (Å²) in [6, 6.07) is 17.5. The highest BCUT2D eigenvalue weighted by atomic mass is 15.4. The molecule has 2 aromatic carbocycles. The van der Waals surface area contributed by atoms with E-state index in [1.807, 2.05) is 30.3 Å². The second-order valence-electron chi connectivity index (χ2n) is 7.78. The third-order valence-electron chi connectivity index (χ3n) is 5.57. The van der Waals surface area contributed by atoms with Crippen LogP contribution in [-0.2, 0) is 0 Å². The van der Waals surface area contributed by atoms with E-state index in [4.69, 9.17) is 0 Å². The van der Waals surface area contributed by atoms with E-state index in [2.05, 4.69) is 50.3 Å². The summed E-state index contributed by atoms with van der Waals surface area (Å²) in [7, 11) is 0. The summed E-state index contributed by atoms with van der Waals surface area (Å²) in [5.74, 6) is 0.610. The van der Waals surface area contributed by atoms with E-state index < -0.39 is 0 Å². The summed E-state index contributed by atoms with van der Waals surface area (Å²) in [4.78, 5) is 9.55. The normalized spacial score (nSPS) is 17.7. The molecule has 2 heterocycles. The van der Waals surface area contributed by atoms with Crippen LogP contribution in [0.25, 0.3) is 5.69 Å². The van der Waals surface area contributed by atoms with Gasteiger partial charge in [-0.05, 0) is 55.7 Å². The molecule has 1 saturated carbocycles. The van der Waals surface area contributed by atoms with Crippen LogP contribution in [0.4, 0.5) is 17.3 Å². The Morgan fingerprint density at radius 2 is 1.75 bits per heavy atom. The molecule has 1 aliphatic carbocycles. The molecular formula is C22H28N6. The maximum Gasteiger partial charge on any atom is 0.246 e. The number of benzene rings is 2. The first-order valence-electron chi connectivity index (χ1n) is 10.1. The van der Waals surface area contributed by atoms with Crippen LogP contribution in [0.5, 0.6) is 0 Å². The molecule has 3 aromatic rings. The van der Waals surface area contributed by atoms with Crippen LogP contribution < -0.4 is 10.2 Å². The fourth-order valence-corrected chi connectivity index (χ4v) is 3.96. The van der Waals surface area contributed by atoms with Crippen LogP contribution in [-0.4, -0.2) is 51.9 Å². The Kier molecular flexibility index (Phi) is 4.49. The fraction of sp³-hybridized carbons (Fsp3) is 0.364. The van der Waals surface area contributed by atoms with E-state index in [1.54, 1.807) is 11.0 Å². The number of anilines is 3. The molecule has 2 fully saturated rings. The van der Waals surface area contributed by atoms with Gasteiger partial charge in [0, 0.05) is 45.0 Å². The van der Waals surface area contributed by atoms with Gasteiger partial charge < -0.3 is 10.2 Å². The van der Waals surface area contributed by atoms with Crippen LogP contribution in [0.2, 0.25) is 0 Å². The highest BCUT2D eigenvalue weighted by Crippen LogP contribution is 2.30. The summed E-state index contributed by atoms with van der Waals surface area (Å²) in [6.45, 7) is 6.68. The van der Waals surface area contributed by atoms with Gasteiger partial charge in [-0.25, -0.2) is 4.68 Å². The van der Waals surface area contributed by atoms with Crippen molar-refractivity contribution in [3.05, 3.63) is 60.4 Å². The monoisotopic (exact) mass is 376 g/mol. The summed E-state index contributed by atoms with van der Waals surface area (Å²) < 4.78 is 1.79. The van der Waals surface area contributed by atoms with Crippen molar-refractivity contribution in [3.8, 4) is 5.69 Å². The topological polar surface area (TPSA) is 49.2 Å². The second-order valence-corrected chi connectivity index (χ2v) is 7.78. The predicted octanol–water partition coefficient (Wildman–Crippen LogP) is 3.85. The number of nitrogens with zero attached hydrogens (tertiary/aromatic N) is 5. The van der Waals surface area contributed by atoms with Crippen LogP contribution in [0.1, 0.15) is 19.8 Å². The van der Waals surface area contributed by atoms with Gasteiger partial charge in [0.15, 0.2) is 0 Å². The SMILES string of the molecule is Cc1cc(Nc2ncn(-c3ccccc3)n2)cc(N2CCN(C3CC3)CC2)c1.[HH]. The highest BCUT2D eigenvalue weighted by Gasteiger charge is 2.31. The average molecular weight is 377 g/mol. The largest absolute Gasteiger partial charge is 0.369 e. The van der Waals surface area contributed by atoms with Gasteiger partial charge in [0.1, 0.15) is 6.33 Å². The third-order valence-corrected chi connectivity index (χ3v) is 5.57. The van der Waals surface area contributed by atoms with Crippen molar-refractivity contribution >= 4 is 17.3 Å². The number of aryl methyl sites for hydroxylation is 1. The van der Waals surface area contributed by atoms with Gasteiger partial charge in [0.25, 0.3) is 0 Å². The minimum Gasteiger partial charge on any atom is -0.369 e. The number of aromatic nitrogens is 3. The number of para-hydroxylation sites is 1. The Morgan fingerprint density at radius 1 is 0.964 bits per heavy atom. The number of piperazine rings is 1. The molecule has 0 radical (unpaired) electrons. The molecule has 0 spiro atoms. The lowest BCUT2D eigenvalue weighted by molar-refractivity contribution is 0.248. The lowest BCUT2D eigenvalue weighted by atomic mass is 10.1. The van der Waals surface area contributed by atoms with Gasteiger partial charge in [0.2, 0.25) is 5.95 Å². The van der Waals surface area contributed by atoms with E-state index >= 15 is 0 Å². The molecule has 2 aliphatic rings. The molecule has 1 N–H and O–H groups in total. The lowest BCUT2D eigenvalue weighted by Gasteiger charge is -2.36. The zero-order chi connectivity index (χ0) is 18.9. The minimum absolute atomic E-state index is 0. The van der Waals surface area contributed by atoms with Crippen LogP contribution in [0.15, 0.2) is 54.9 Å². The summed E-state index contributed by atoms with van der Waals surface area (Å²) in [6.07, 6.45) is 4.52. The van der Waals surface area contributed by atoms with Crippen molar-refractivity contribution in [2.75, 3.05) is 36.4 Å². The molecule has 0 amide bonds. The fourth-order valence-electron chi connectivity index (χ4n) is 3.96. The van der Waals surface area contributed by atoms with Crippen LogP contribution in [0, 0.1) is 6.92 Å². The summed E-state index contributed by atoms with van der Waals surface area (Å²) in [5.41, 5.74) is 4.56. The van der Waals surface area contributed by atoms with Crippen molar-refractivity contribution < 1.29 is 1.43 Å². The summed E-state index contributed by atoms with van der Waals surface area (Å²) in [5, 5.41) is 7.93. The molecule has 0 bridgehead atoms. The van der Waals surface area contributed by atoms with Gasteiger partial charge in [-0.1, -0.05) is 18.2 Å². The zero-order valence-electron chi connectivity index (χ0n) is 16.3. The number of hydrogen-bond donors (Lipinski definition) is 1. The highest BCUT2D eigenvalue weighted by molar-refractivity contribution is 5.64. The summed E-state index contributed by atoms with van der Waals surface area (Å²) >= 11 is 0. The number of hydrogen-bond acceptors (Lipinski definition) is 5. The molecule has 0 atom stereocenters. The lowest BCUT2D eigenvalue weighted by Crippen LogP contribution is -2.47. The van der Waals surface area contributed by atoms with E-state index in [0.717, 1.165) is 30.5 Å². The molecule has 1 aliphatic heterocycles. The molecular weight excluding hydrogens is 348 g/mol. The smallest absolute Gasteiger partial charge is 0.246 e. The molecule has 0 unspecified atom stereocenters. The van der Waals surface area contributed by atoms with Crippen LogP contribution in [0.3, 0.4) is 0 Å². The molecule has 1 aromatic heterocycles. The Morgan fingerprint density at radius 3 is 2.50 bits per heavy atom. The zero-order valence-corrected chi connectivity index (χ0v) is 16.3. The molecule has 1 saturated heterocycles. The molecule has 146 valence electrons. The van der Waals surface area contributed by atoms with Crippen LogP contribution >= 0.6 is 0 Å². The quantitative estimate of drug-likeness (QED) is 0.733. The van der Waals surface area contributed by atoms with Crippen molar-refractivity contribution in [1.82, 2.24) is 19.7 Å². The van der Waals surface area contributed by atoms with Crippen molar-refractivity contribution in [2.45, 2.75) is 25.8 Å². The van der Waals surface area contributed by atoms with Crippen molar-refractivity contribution in [1.29, 1.82) is 0 Å². The van der Waals surface area contributed by atoms with Gasteiger partial charge >= 0.3 is 0 Å². The van der Waals surface area contributed by atoms with Crippen molar-refractivity contribution in [2.24, 2.45) is 0 Å². The first kappa shape index (κ1) is 17.3.